The van der Waals surface area contributed by atoms with Crippen LogP contribution in [0.25, 0.3) is 0 Å². The number of anilines is 1. The molecule has 1 N–H and O–H groups in total. The van der Waals surface area contributed by atoms with Crippen LogP contribution >= 0.6 is 0 Å². The van der Waals surface area contributed by atoms with Crippen LogP contribution in [0.2, 0.25) is 0 Å². The molecule has 3 rings (SSSR count). The van der Waals surface area contributed by atoms with E-state index in [2.05, 4.69) is 10.4 Å². The van der Waals surface area contributed by atoms with Gasteiger partial charge >= 0.3 is 0 Å². The van der Waals surface area contributed by atoms with Gasteiger partial charge in [-0.05, 0) is 23.8 Å². The van der Waals surface area contributed by atoms with Gasteiger partial charge < -0.3 is 5.32 Å². The van der Waals surface area contributed by atoms with Crippen molar-refractivity contribution in [1.29, 1.82) is 0 Å². The average Bonchev–Trinajstić information content (AvgIpc) is 2.60. The lowest BCUT2D eigenvalue weighted by atomic mass is 10.2. The largest absolute Gasteiger partial charge is 0.318 e. The zero-order chi connectivity index (χ0) is 16.9. The lowest BCUT2D eigenvalue weighted by Gasteiger charge is -2.08. The molecule has 0 aliphatic heterocycles. The van der Waals surface area contributed by atoms with Gasteiger partial charge in [-0.3, -0.25) is 9.59 Å². The molecule has 0 fully saturated rings. The van der Waals surface area contributed by atoms with E-state index in [4.69, 9.17) is 0 Å². The molecule has 0 aliphatic rings. The number of halogens is 1. The Bertz CT molecular complexity index is 923. The second-order valence-corrected chi connectivity index (χ2v) is 5.13. The van der Waals surface area contributed by atoms with Crippen molar-refractivity contribution in [3.8, 4) is 0 Å². The molecule has 0 unspecified atom stereocenters. The Balaban J connectivity index is 1.84. The number of aromatic nitrogens is 2. The molecule has 1 aromatic heterocycles. The zero-order valence-corrected chi connectivity index (χ0v) is 12.6. The fraction of sp³-hybridized carbons (Fsp3) is 0.0556. The van der Waals surface area contributed by atoms with Gasteiger partial charge in [0.2, 0.25) is 0 Å². The summed E-state index contributed by atoms with van der Waals surface area (Å²) < 4.78 is 14.8. The van der Waals surface area contributed by atoms with Crippen molar-refractivity contribution in [1.82, 2.24) is 9.78 Å². The monoisotopic (exact) mass is 323 g/mol. The predicted molar refractivity (Wildman–Crippen MR) is 88.4 cm³/mol. The van der Waals surface area contributed by atoms with Crippen molar-refractivity contribution in [2.75, 3.05) is 5.32 Å². The minimum absolute atomic E-state index is 0.0359. The Hall–Kier alpha value is -3.28. The Kier molecular flexibility index (Phi) is 4.47. The zero-order valence-electron chi connectivity index (χ0n) is 12.6. The van der Waals surface area contributed by atoms with Crippen molar-refractivity contribution in [2.24, 2.45) is 0 Å². The molecule has 0 bridgehead atoms. The Labute approximate surface area is 137 Å². The van der Waals surface area contributed by atoms with Crippen molar-refractivity contribution in [3.05, 3.63) is 94.2 Å². The normalized spacial score (nSPS) is 10.4. The van der Waals surface area contributed by atoms with Crippen LogP contribution in [0.1, 0.15) is 16.1 Å². The third-order valence-corrected chi connectivity index (χ3v) is 3.40. The quantitative estimate of drug-likeness (QED) is 0.803. The van der Waals surface area contributed by atoms with E-state index in [-0.39, 0.29) is 23.5 Å². The van der Waals surface area contributed by atoms with Crippen LogP contribution in [-0.4, -0.2) is 15.7 Å². The molecule has 2 aromatic carbocycles. The summed E-state index contributed by atoms with van der Waals surface area (Å²) in [5.74, 6) is -1.12. The van der Waals surface area contributed by atoms with Gasteiger partial charge in [0.25, 0.3) is 11.5 Å². The highest BCUT2D eigenvalue weighted by molar-refractivity contribution is 6.02. The first kappa shape index (κ1) is 15.6. The molecule has 0 saturated heterocycles. The van der Waals surface area contributed by atoms with Gasteiger partial charge in [-0.1, -0.05) is 42.5 Å². The number of para-hydroxylation sites is 1. The first-order valence-electron chi connectivity index (χ1n) is 7.31. The maximum Gasteiger partial charge on any atom is 0.276 e. The number of hydrogen-bond acceptors (Lipinski definition) is 3. The Morgan fingerprint density at radius 3 is 2.46 bits per heavy atom. The highest BCUT2D eigenvalue weighted by Gasteiger charge is 2.12. The first-order valence-corrected chi connectivity index (χ1v) is 7.31. The second-order valence-electron chi connectivity index (χ2n) is 5.13. The highest BCUT2D eigenvalue weighted by Crippen LogP contribution is 2.13. The van der Waals surface area contributed by atoms with E-state index in [9.17, 15) is 14.0 Å². The van der Waals surface area contributed by atoms with E-state index in [0.717, 1.165) is 5.56 Å². The summed E-state index contributed by atoms with van der Waals surface area (Å²) in [7, 11) is 0. The minimum atomic E-state index is -0.582. The van der Waals surface area contributed by atoms with Crippen LogP contribution in [0.3, 0.4) is 0 Å². The van der Waals surface area contributed by atoms with E-state index < -0.39 is 11.7 Å². The number of carbonyl (C=O) groups excluding carboxylic acids is 1. The molecule has 5 nitrogen and oxygen atoms in total. The summed E-state index contributed by atoms with van der Waals surface area (Å²) in [6.07, 6.45) is 0. The molecule has 0 radical (unpaired) electrons. The third kappa shape index (κ3) is 3.55. The highest BCUT2D eigenvalue weighted by atomic mass is 19.1. The molecule has 24 heavy (non-hydrogen) atoms. The number of carbonyl (C=O) groups is 1. The van der Waals surface area contributed by atoms with E-state index in [1.54, 1.807) is 6.07 Å². The lowest BCUT2D eigenvalue weighted by Crippen LogP contribution is -2.26. The van der Waals surface area contributed by atoms with Crippen LogP contribution < -0.4 is 10.9 Å². The summed E-state index contributed by atoms with van der Waals surface area (Å²) in [4.78, 5) is 24.1. The van der Waals surface area contributed by atoms with Crippen molar-refractivity contribution < 1.29 is 9.18 Å². The van der Waals surface area contributed by atoms with Gasteiger partial charge in [-0.15, -0.1) is 0 Å². The van der Waals surface area contributed by atoms with Crippen molar-refractivity contribution in [3.63, 3.8) is 0 Å². The van der Waals surface area contributed by atoms with Crippen LogP contribution in [-0.2, 0) is 6.54 Å². The van der Waals surface area contributed by atoms with Gasteiger partial charge in [0.1, 0.15) is 11.5 Å². The molecule has 0 spiro atoms. The van der Waals surface area contributed by atoms with E-state index >= 15 is 0 Å². The maximum atomic E-state index is 13.6. The summed E-state index contributed by atoms with van der Waals surface area (Å²) in [5, 5.41) is 6.51. The standard InChI is InChI=1S/C18H14FN3O2/c19-14-8-4-5-9-15(14)20-18(24)16-10-11-17(23)22(21-16)12-13-6-2-1-3-7-13/h1-11H,12H2,(H,20,24). The molecule has 3 aromatic rings. The van der Waals surface area contributed by atoms with Crippen LogP contribution in [0, 0.1) is 5.82 Å². The first-order chi connectivity index (χ1) is 11.6. The molecule has 1 amide bonds. The Morgan fingerprint density at radius 2 is 1.71 bits per heavy atom. The minimum Gasteiger partial charge on any atom is -0.318 e. The van der Waals surface area contributed by atoms with Crippen LogP contribution in [0.4, 0.5) is 10.1 Å². The second kappa shape index (κ2) is 6.87. The molecule has 0 atom stereocenters. The van der Waals surface area contributed by atoms with E-state index in [1.807, 2.05) is 30.3 Å². The smallest absolute Gasteiger partial charge is 0.276 e. The molecule has 0 aliphatic carbocycles. The van der Waals surface area contributed by atoms with Crippen LogP contribution in [0.5, 0.6) is 0 Å². The summed E-state index contributed by atoms with van der Waals surface area (Å²) in [6.45, 7) is 0.250. The summed E-state index contributed by atoms with van der Waals surface area (Å²) in [5.41, 5.74) is 0.666. The van der Waals surface area contributed by atoms with Gasteiger partial charge in [0.15, 0.2) is 0 Å². The number of hydrogen-bond donors (Lipinski definition) is 1. The predicted octanol–water partition coefficient (Wildman–Crippen LogP) is 2.68. The molecule has 1 heterocycles. The van der Waals surface area contributed by atoms with Crippen LogP contribution in [0.15, 0.2) is 71.5 Å². The molecule has 6 heteroatoms. The fourth-order valence-electron chi connectivity index (χ4n) is 2.19. The van der Waals surface area contributed by atoms with Gasteiger partial charge in [0, 0.05) is 6.07 Å². The molecular weight excluding hydrogens is 309 g/mol. The lowest BCUT2D eigenvalue weighted by molar-refractivity contribution is 0.101. The van der Waals surface area contributed by atoms with E-state index in [0.29, 0.717) is 0 Å². The molecular formula is C18H14FN3O2. The SMILES string of the molecule is O=C(Nc1ccccc1F)c1ccc(=O)n(Cc2ccccc2)n1. The van der Waals surface area contributed by atoms with E-state index in [1.165, 1.54) is 35.0 Å². The number of benzene rings is 2. The Morgan fingerprint density at radius 1 is 1.00 bits per heavy atom. The summed E-state index contributed by atoms with van der Waals surface area (Å²) >= 11 is 0. The number of nitrogens with zero attached hydrogens (tertiary/aromatic N) is 2. The molecule has 0 saturated carbocycles. The van der Waals surface area contributed by atoms with Crippen molar-refractivity contribution >= 4 is 11.6 Å². The number of nitrogens with one attached hydrogen (secondary N) is 1. The van der Waals surface area contributed by atoms with Gasteiger partial charge in [0.05, 0.1) is 12.2 Å². The topological polar surface area (TPSA) is 64.0 Å². The molecule has 120 valence electrons. The van der Waals surface area contributed by atoms with Gasteiger partial charge in [-0.2, -0.15) is 5.10 Å². The van der Waals surface area contributed by atoms with Crippen molar-refractivity contribution in [2.45, 2.75) is 6.54 Å². The third-order valence-electron chi connectivity index (χ3n) is 3.40. The fourth-order valence-corrected chi connectivity index (χ4v) is 2.19. The summed E-state index contributed by atoms with van der Waals surface area (Å²) in [6, 6.07) is 17.7. The maximum absolute atomic E-state index is 13.6. The number of amides is 1. The van der Waals surface area contributed by atoms with Gasteiger partial charge in [-0.25, -0.2) is 9.07 Å². The average molecular weight is 323 g/mol. The number of rotatable bonds is 4.